The highest BCUT2D eigenvalue weighted by Gasteiger charge is 2.33. The van der Waals surface area contributed by atoms with Crippen molar-refractivity contribution in [1.82, 2.24) is 9.29 Å². The molecule has 1 heterocycles. The summed E-state index contributed by atoms with van der Waals surface area (Å²) in [5.41, 5.74) is -0.0137. The van der Waals surface area contributed by atoms with Gasteiger partial charge in [0.15, 0.2) is 0 Å². The van der Waals surface area contributed by atoms with E-state index in [9.17, 15) is 13.2 Å². The molecule has 7 heteroatoms. The van der Waals surface area contributed by atoms with Crippen molar-refractivity contribution in [2.24, 2.45) is 11.8 Å². The quantitative estimate of drug-likeness (QED) is 0.837. The molecule has 6 nitrogen and oxygen atoms in total. The number of aromatic nitrogens is 1. The molecule has 20 heavy (non-hydrogen) atoms. The summed E-state index contributed by atoms with van der Waals surface area (Å²) in [7, 11) is -3.64. The molecule has 2 atom stereocenters. The van der Waals surface area contributed by atoms with Crippen molar-refractivity contribution in [3.8, 4) is 0 Å². The summed E-state index contributed by atoms with van der Waals surface area (Å²) in [6, 6.07) is 1.09. The third kappa shape index (κ3) is 3.04. The van der Waals surface area contributed by atoms with Gasteiger partial charge in [0, 0.05) is 18.8 Å². The van der Waals surface area contributed by atoms with Gasteiger partial charge in [-0.2, -0.15) is 0 Å². The molecule has 1 aliphatic carbocycles. The van der Waals surface area contributed by atoms with E-state index in [0.717, 1.165) is 6.42 Å². The van der Waals surface area contributed by atoms with Crippen molar-refractivity contribution in [2.45, 2.75) is 38.1 Å². The van der Waals surface area contributed by atoms with Gasteiger partial charge in [-0.05, 0) is 38.2 Å². The Morgan fingerprint density at radius 3 is 2.55 bits per heavy atom. The van der Waals surface area contributed by atoms with Crippen LogP contribution < -0.4 is 4.72 Å². The smallest absolute Gasteiger partial charge is 0.352 e. The van der Waals surface area contributed by atoms with Crippen LogP contribution in [0.1, 0.15) is 43.7 Å². The summed E-state index contributed by atoms with van der Waals surface area (Å²) >= 11 is 0. The van der Waals surface area contributed by atoms with E-state index in [2.05, 4.69) is 11.6 Å². The summed E-state index contributed by atoms with van der Waals surface area (Å²) in [4.78, 5) is 11.2. The highest BCUT2D eigenvalue weighted by Crippen LogP contribution is 2.37. The first-order valence-corrected chi connectivity index (χ1v) is 8.15. The first-order chi connectivity index (χ1) is 9.22. The number of hydrogen-bond donors (Lipinski definition) is 2. The normalized spacial score (nSPS) is 22.2. The molecule has 0 radical (unpaired) electrons. The number of aromatic carboxylic acids is 1. The minimum atomic E-state index is -3.64. The van der Waals surface area contributed by atoms with Gasteiger partial charge >= 0.3 is 5.97 Å². The van der Waals surface area contributed by atoms with E-state index in [4.69, 9.17) is 5.11 Å². The van der Waals surface area contributed by atoms with Crippen LogP contribution in [0, 0.1) is 11.8 Å². The Hall–Kier alpha value is -1.34. The number of carbonyl (C=O) groups is 1. The zero-order chi connectivity index (χ0) is 15.1. The molecule has 0 saturated heterocycles. The predicted octanol–water partition coefficient (Wildman–Crippen LogP) is 1.70. The van der Waals surface area contributed by atoms with Crippen molar-refractivity contribution < 1.29 is 18.3 Å². The minimum absolute atomic E-state index is 0.0110. The maximum atomic E-state index is 12.2. The summed E-state index contributed by atoms with van der Waals surface area (Å²) in [5.74, 6) is -0.167. The molecular formula is C13H20N2O4S. The summed E-state index contributed by atoms with van der Waals surface area (Å²) in [6.07, 6.45) is 2.42. The number of carboxylic acids is 1. The first-order valence-electron chi connectivity index (χ1n) is 6.67. The lowest BCUT2D eigenvalue weighted by atomic mass is 10.3. The number of nitrogens with zero attached hydrogens (tertiary/aromatic N) is 1. The Kier molecular flexibility index (Phi) is 3.93. The maximum Gasteiger partial charge on any atom is 0.352 e. The van der Waals surface area contributed by atoms with Gasteiger partial charge in [0.1, 0.15) is 10.6 Å². The molecule has 0 aromatic carbocycles. The van der Waals surface area contributed by atoms with E-state index in [0.29, 0.717) is 18.4 Å². The Morgan fingerprint density at radius 2 is 2.15 bits per heavy atom. The molecule has 1 aromatic heterocycles. The molecule has 2 rings (SSSR count). The topological polar surface area (TPSA) is 88.4 Å². The number of carboxylic acid groups (broad SMARTS) is 1. The Labute approximate surface area is 118 Å². The number of sulfonamides is 1. The molecule has 1 saturated carbocycles. The van der Waals surface area contributed by atoms with Crippen LogP contribution in [-0.4, -0.2) is 30.6 Å². The number of rotatable bonds is 6. The van der Waals surface area contributed by atoms with Crippen molar-refractivity contribution in [2.75, 3.05) is 6.54 Å². The third-order valence-electron chi connectivity index (χ3n) is 3.72. The van der Waals surface area contributed by atoms with Crippen molar-refractivity contribution in [3.05, 3.63) is 18.0 Å². The lowest BCUT2D eigenvalue weighted by Crippen LogP contribution is -2.25. The lowest BCUT2D eigenvalue weighted by molar-refractivity contribution is 0.0683. The largest absolute Gasteiger partial charge is 0.477 e. The van der Waals surface area contributed by atoms with Gasteiger partial charge in [-0.15, -0.1) is 0 Å². The van der Waals surface area contributed by atoms with Gasteiger partial charge in [0.2, 0.25) is 10.0 Å². The van der Waals surface area contributed by atoms with E-state index < -0.39 is 16.0 Å². The molecule has 0 bridgehead atoms. The SMILES string of the molecule is CC1CC1CNS(=O)(=O)c1cc(C(=O)O)n(C(C)C)c1. The van der Waals surface area contributed by atoms with Gasteiger partial charge in [0.25, 0.3) is 0 Å². The van der Waals surface area contributed by atoms with E-state index >= 15 is 0 Å². The highest BCUT2D eigenvalue weighted by molar-refractivity contribution is 7.89. The molecule has 0 amide bonds. The van der Waals surface area contributed by atoms with Gasteiger partial charge in [-0.25, -0.2) is 17.9 Å². The van der Waals surface area contributed by atoms with Gasteiger partial charge in [0.05, 0.1) is 0 Å². The molecule has 1 fully saturated rings. The minimum Gasteiger partial charge on any atom is -0.477 e. The lowest BCUT2D eigenvalue weighted by Gasteiger charge is -2.09. The second kappa shape index (κ2) is 5.21. The molecule has 1 aliphatic rings. The molecular weight excluding hydrogens is 280 g/mol. The molecule has 1 aromatic rings. The Bertz CT molecular complexity index is 618. The molecule has 2 N–H and O–H groups in total. The third-order valence-corrected chi connectivity index (χ3v) is 5.11. The zero-order valence-electron chi connectivity index (χ0n) is 11.8. The van der Waals surface area contributed by atoms with Crippen LogP contribution in [-0.2, 0) is 10.0 Å². The van der Waals surface area contributed by atoms with Crippen LogP contribution in [0.4, 0.5) is 0 Å². The van der Waals surface area contributed by atoms with Crippen LogP contribution in [0.2, 0.25) is 0 Å². The first kappa shape index (κ1) is 15.1. The summed E-state index contributed by atoms with van der Waals surface area (Å²) in [5, 5.41) is 9.12. The van der Waals surface area contributed by atoms with Crippen molar-refractivity contribution >= 4 is 16.0 Å². The fourth-order valence-corrected chi connectivity index (χ4v) is 3.30. The zero-order valence-corrected chi connectivity index (χ0v) is 12.6. The maximum absolute atomic E-state index is 12.2. The van der Waals surface area contributed by atoms with Gasteiger partial charge in [-0.3, -0.25) is 0 Å². The van der Waals surface area contributed by atoms with Gasteiger partial charge < -0.3 is 9.67 Å². The predicted molar refractivity (Wildman–Crippen MR) is 74.2 cm³/mol. The van der Waals surface area contributed by atoms with Crippen LogP contribution in [0.15, 0.2) is 17.2 Å². The highest BCUT2D eigenvalue weighted by atomic mass is 32.2. The van der Waals surface area contributed by atoms with E-state index in [1.807, 2.05) is 13.8 Å². The molecule has 112 valence electrons. The average molecular weight is 300 g/mol. The summed E-state index contributed by atoms with van der Waals surface area (Å²) in [6.45, 7) is 6.11. The van der Waals surface area contributed by atoms with Gasteiger partial charge in [-0.1, -0.05) is 6.92 Å². The van der Waals surface area contributed by atoms with E-state index in [1.165, 1.54) is 16.8 Å². The number of hydrogen-bond acceptors (Lipinski definition) is 3. The fourth-order valence-electron chi connectivity index (χ4n) is 2.18. The van der Waals surface area contributed by atoms with Crippen LogP contribution >= 0.6 is 0 Å². The Balaban J connectivity index is 2.22. The monoisotopic (exact) mass is 300 g/mol. The Morgan fingerprint density at radius 1 is 1.55 bits per heavy atom. The fraction of sp³-hybridized carbons (Fsp3) is 0.615. The van der Waals surface area contributed by atoms with E-state index in [1.54, 1.807) is 0 Å². The second-order valence-corrected chi connectivity index (χ2v) is 7.46. The second-order valence-electron chi connectivity index (χ2n) is 5.69. The summed E-state index contributed by atoms with van der Waals surface area (Å²) < 4.78 is 28.3. The van der Waals surface area contributed by atoms with Crippen molar-refractivity contribution in [1.29, 1.82) is 0 Å². The number of nitrogens with one attached hydrogen (secondary N) is 1. The molecule has 0 aliphatic heterocycles. The molecule has 2 unspecified atom stereocenters. The van der Waals surface area contributed by atoms with Crippen LogP contribution in [0.3, 0.4) is 0 Å². The van der Waals surface area contributed by atoms with Crippen molar-refractivity contribution in [3.63, 3.8) is 0 Å². The van der Waals surface area contributed by atoms with E-state index in [-0.39, 0.29) is 16.6 Å². The standard InChI is InChI=1S/C13H20N2O4S/c1-8(2)15-7-11(5-12(15)13(16)17)20(18,19)14-6-10-4-9(10)3/h5,7-10,14H,4,6H2,1-3H3,(H,16,17). The average Bonchev–Trinajstić information content (AvgIpc) is 2.88. The molecule has 0 spiro atoms. The van der Waals surface area contributed by atoms with Crippen LogP contribution in [0.25, 0.3) is 0 Å². The van der Waals surface area contributed by atoms with Crippen LogP contribution in [0.5, 0.6) is 0 Å².